The van der Waals surface area contributed by atoms with Gasteiger partial charge in [-0.25, -0.2) is 0 Å². The third-order valence-electron chi connectivity index (χ3n) is 5.19. The highest BCUT2D eigenvalue weighted by molar-refractivity contribution is 7.80. The fourth-order valence-corrected chi connectivity index (χ4v) is 3.87. The van der Waals surface area contributed by atoms with Crippen LogP contribution < -0.4 is 24.4 Å². The predicted octanol–water partition coefficient (Wildman–Crippen LogP) is 3.85. The quantitative estimate of drug-likeness (QED) is 0.744. The first-order valence-corrected chi connectivity index (χ1v) is 10.1. The first kappa shape index (κ1) is 21.0. The molecule has 1 fully saturated rings. The number of aryl methyl sites for hydroxylation is 2. The van der Waals surface area contributed by atoms with Crippen LogP contribution >= 0.6 is 12.2 Å². The van der Waals surface area contributed by atoms with Gasteiger partial charge in [0.2, 0.25) is 5.75 Å². The topological polar surface area (TPSA) is 46.2 Å². The summed E-state index contributed by atoms with van der Waals surface area (Å²) in [5.74, 6) is 1.75. The maximum absolute atomic E-state index is 5.66. The molecule has 6 nitrogen and oxygen atoms in total. The van der Waals surface area contributed by atoms with Crippen molar-refractivity contribution in [1.82, 2.24) is 4.90 Å². The van der Waals surface area contributed by atoms with Gasteiger partial charge in [-0.2, -0.15) is 0 Å². The Hall–Kier alpha value is -2.67. The minimum atomic E-state index is 0.564. The molecule has 0 atom stereocenters. The number of nitrogens with zero attached hydrogens (tertiary/aromatic N) is 2. The van der Waals surface area contributed by atoms with Crippen molar-refractivity contribution < 1.29 is 14.2 Å². The van der Waals surface area contributed by atoms with Gasteiger partial charge in [0, 0.05) is 49.7 Å². The van der Waals surface area contributed by atoms with Crippen molar-refractivity contribution in [2.45, 2.75) is 13.8 Å². The maximum atomic E-state index is 5.66. The highest BCUT2D eigenvalue weighted by Crippen LogP contribution is 2.40. The van der Waals surface area contributed by atoms with Crippen LogP contribution in [0.15, 0.2) is 30.3 Å². The molecular weight excluding hydrogens is 386 g/mol. The van der Waals surface area contributed by atoms with E-state index < -0.39 is 0 Å². The van der Waals surface area contributed by atoms with Gasteiger partial charge in [-0.15, -0.1) is 0 Å². The Labute approximate surface area is 178 Å². The third-order valence-corrected chi connectivity index (χ3v) is 5.55. The number of benzene rings is 2. The van der Waals surface area contributed by atoms with Gasteiger partial charge in [-0.1, -0.05) is 12.1 Å². The van der Waals surface area contributed by atoms with Crippen LogP contribution in [0.5, 0.6) is 17.2 Å². The Kier molecular flexibility index (Phi) is 6.69. The zero-order valence-corrected chi connectivity index (χ0v) is 18.6. The Bertz CT molecular complexity index is 855. The molecule has 1 saturated heterocycles. The lowest BCUT2D eigenvalue weighted by Crippen LogP contribution is -2.50. The van der Waals surface area contributed by atoms with Crippen molar-refractivity contribution in [2.24, 2.45) is 0 Å². The molecule has 1 aliphatic heterocycles. The number of hydrogen-bond donors (Lipinski definition) is 1. The zero-order valence-electron chi connectivity index (χ0n) is 17.7. The van der Waals surface area contributed by atoms with Gasteiger partial charge in [0.1, 0.15) is 0 Å². The van der Waals surface area contributed by atoms with Crippen LogP contribution in [0.1, 0.15) is 11.1 Å². The summed E-state index contributed by atoms with van der Waals surface area (Å²) in [5.41, 5.74) is 4.71. The van der Waals surface area contributed by atoms with Crippen molar-refractivity contribution >= 4 is 28.7 Å². The minimum absolute atomic E-state index is 0.564. The number of rotatable bonds is 5. The van der Waals surface area contributed by atoms with E-state index in [9.17, 15) is 0 Å². The van der Waals surface area contributed by atoms with Crippen LogP contribution in [0.2, 0.25) is 0 Å². The molecule has 3 rings (SSSR count). The fraction of sp³-hybridized carbons (Fsp3) is 0.409. The normalized spacial score (nSPS) is 13.8. The lowest BCUT2D eigenvalue weighted by molar-refractivity contribution is 0.324. The number of thiocarbonyl (C=S) groups is 1. The molecule has 0 radical (unpaired) electrons. The number of nitrogens with one attached hydrogen (secondary N) is 1. The number of anilines is 2. The Morgan fingerprint density at radius 3 is 2.07 bits per heavy atom. The largest absolute Gasteiger partial charge is 0.493 e. The summed E-state index contributed by atoms with van der Waals surface area (Å²) < 4.78 is 16.2. The molecule has 156 valence electrons. The fourth-order valence-electron chi connectivity index (χ4n) is 3.57. The molecule has 0 spiro atoms. The molecule has 1 N–H and O–H groups in total. The molecule has 0 bridgehead atoms. The standard InChI is InChI=1S/C22H29N3O3S/c1-15-6-7-16(2)18(12-15)24-8-10-25(11-9-24)22(29)23-17-13-19(26-3)21(28-5)20(14-17)27-4/h6-7,12-14H,8-11H2,1-5H3,(H,23,29). The molecular formula is C22H29N3O3S. The second-order valence-electron chi connectivity index (χ2n) is 7.11. The number of ether oxygens (including phenoxy) is 3. The lowest BCUT2D eigenvalue weighted by Gasteiger charge is -2.38. The highest BCUT2D eigenvalue weighted by Gasteiger charge is 2.21. The molecule has 0 saturated carbocycles. The first-order chi connectivity index (χ1) is 14.0. The zero-order chi connectivity index (χ0) is 21.0. The molecule has 2 aromatic carbocycles. The Morgan fingerprint density at radius 2 is 1.52 bits per heavy atom. The molecule has 0 aliphatic carbocycles. The summed E-state index contributed by atoms with van der Waals surface area (Å²) >= 11 is 5.66. The number of hydrogen-bond acceptors (Lipinski definition) is 5. The number of methoxy groups -OCH3 is 3. The summed E-state index contributed by atoms with van der Waals surface area (Å²) in [6.07, 6.45) is 0. The van der Waals surface area contributed by atoms with Gasteiger partial charge < -0.3 is 29.3 Å². The van der Waals surface area contributed by atoms with E-state index >= 15 is 0 Å². The summed E-state index contributed by atoms with van der Waals surface area (Å²) in [6, 6.07) is 10.3. The molecule has 1 heterocycles. The molecule has 29 heavy (non-hydrogen) atoms. The van der Waals surface area contributed by atoms with Crippen LogP contribution in [0.25, 0.3) is 0 Å². The van der Waals surface area contributed by atoms with Crippen LogP contribution in [0, 0.1) is 13.8 Å². The summed E-state index contributed by atoms with van der Waals surface area (Å²) in [4.78, 5) is 4.63. The van der Waals surface area contributed by atoms with Crippen LogP contribution in [0.4, 0.5) is 11.4 Å². The van der Waals surface area contributed by atoms with Crippen molar-refractivity contribution in [3.8, 4) is 17.2 Å². The molecule has 7 heteroatoms. The van der Waals surface area contributed by atoms with Crippen molar-refractivity contribution in [1.29, 1.82) is 0 Å². The van der Waals surface area contributed by atoms with Crippen LogP contribution in [-0.4, -0.2) is 57.5 Å². The van der Waals surface area contributed by atoms with Gasteiger partial charge in [0.05, 0.1) is 21.3 Å². The van der Waals surface area contributed by atoms with Gasteiger partial charge in [-0.05, 0) is 43.3 Å². The van der Waals surface area contributed by atoms with Gasteiger partial charge in [-0.3, -0.25) is 0 Å². The van der Waals surface area contributed by atoms with Gasteiger partial charge >= 0.3 is 0 Å². The molecule has 0 unspecified atom stereocenters. The molecule has 0 aromatic heterocycles. The maximum Gasteiger partial charge on any atom is 0.203 e. The van der Waals surface area contributed by atoms with E-state index in [0.717, 1.165) is 31.9 Å². The number of piperazine rings is 1. The summed E-state index contributed by atoms with van der Waals surface area (Å²) in [5, 5.41) is 4.01. The second kappa shape index (κ2) is 9.22. The lowest BCUT2D eigenvalue weighted by atomic mass is 10.1. The second-order valence-corrected chi connectivity index (χ2v) is 7.49. The van der Waals surface area contributed by atoms with E-state index in [2.05, 4.69) is 47.2 Å². The SMILES string of the molecule is COc1cc(NC(=S)N2CCN(c3cc(C)ccc3C)CC2)cc(OC)c1OC. The minimum Gasteiger partial charge on any atom is -0.493 e. The Morgan fingerprint density at radius 1 is 0.897 bits per heavy atom. The summed E-state index contributed by atoms with van der Waals surface area (Å²) in [7, 11) is 4.80. The Balaban J connectivity index is 1.66. The van der Waals surface area contributed by atoms with E-state index in [1.54, 1.807) is 21.3 Å². The van der Waals surface area contributed by atoms with E-state index in [1.165, 1.54) is 16.8 Å². The van der Waals surface area contributed by atoms with Crippen LogP contribution in [0.3, 0.4) is 0 Å². The van der Waals surface area contributed by atoms with Gasteiger partial charge in [0.25, 0.3) is 0 Å². The summed E-state index contributed by atoms with van der Waals surface area (Å²) in [6.45, 7) is 7.89. The van der Waals surface area contributed by atoms with Crippen molar-refractivity contribution in [2.75, 3.05) is 57.7 Å². The predicted molar refractivity (Wildman–Crippen MR) is 122 cm³/mol. The van der Waals surface area contributed by atoms with Crippen molar-refractivity contribution in [3.05, 3.63) is 41.5 Å². The van der Waals surface area contributed by atoms with Crippen LogP contribution in [-0.2, 0) is 0 Å². The molecule has 0 amide bonds. The van der Waals surface area contributed by atoms with E-state index in [1.807, 2.05) is 12.1 Å². The van der Waals surface area contributed by atoms with E-state index in [4.69, 9.17) is 26.4 Å². The average molecular weight is 416 g/mol. The third kappa shape index (κ3) is 4.67. The molecule has 1 aliphatic rings. The first-order valence-electron chi connectivity index (χ1n) is 9.65. The van der Waals surface area contributed by atoms with Gasteiger partial charge in [0.15, 0.2) is 16.6 Å². The highest BCUT2D eigenvalue weighted by atomic mass is 32.1. The molecule has 2 aromatic rings. The van der Waals surface area contributed by atoms with E-state index in [-0.39, 0.29) is 0 Å². The monoisotopic (exact) mass is 415 g/mol. The average Bonchev–Trinajstić information content (AvgIpc) is 2.74. The van der Waals surface area contributed by atoms with Crippen molar-refractivity contribution in [3.63, 3.8) is 0 Å². The smallest absolute Gasteiger partial charge is 0.203 e. The van der Waals surface area contributed by atoms with E-state index in [0.29, 0.717) is 22.4 Å².